The fourth-order valence-corrected chi connectivity index (χ4v) is 2.48. The van der Waals surface area contributed by atoms with E-state index in [1.807, 2.05) is 0 Å². The van der Waals surface area contributed by atoms with Crippen LogP contribution in [-0.4, -0.2) is 15.2 Å². The third-order valence-corrected chi connectivity index (χ3v) is 3.77. The lowest BCUT2D eigenvalue weighted by molar-refractivity contribution is 0.628. The lowest BCUT2D eigenvalue weighted by atomic mass is 10.3. The van der Waals surface area contributed by atoms with Crippen molar-refractivity contribution < 1.29 is 4.39 Å². The van der Waals surface area contributed by atoms with Crippen molar-refractivity contribution in [2.75, 3.05) is 10.6 Å². The van der Waals surface area contributed by atoms with Crippen LogP contribution >= 0.6 is 34.8 Å². The predicted molar refractivity (Wildman–Crippen MR) is 94.3 cm³/mol. The number of hydrogen-bond donors (Lipinski definition) is 2. The second-order valence-corrected chi connectivity index (χ2v) is 5.92. The molecule has 24 heavy (non-hydrogen) atoms. The third kappa shape index (κ3) is 4.03. The summed E-state index contributed by atoms with van der Waals surface area (Å²) >= 11 is 17.7. The van der Waals surface area contributed by atoms with Crippen LogP contribution in [0, 0.1) is 5.82 Å². The Labute approximate surface area is 151 Å². The molecule has 0 radical (unpaired) electrons. The smallest absolute Gasteiger partial charge is 0.249 e. The van der Waals surface area contributed by atoms with E-state index in [1.165, 1.54) is 24.4 Å². The molecular formula is C15H9Cl3FN5. The topological polar surface area (TPSA) is 62.7 Å². The van der Waals surface area contributed by atoms with E-state index in [4.69, 9.17) is 34.8 Å². The Bertz CT molecular complexity index is 891. The summed E-state index contributed by atoms with van der Waals surface area (Å²) in [5, 5.41) is 14.6. The first kappa shape index (κ1) is 16.7. The highest BCUT2D eigenvalue weighted by Crippen LogP contribution is 2.28. The van der Waals surface area contributed by atoms with Gasteiger partial charge in [-0.15, -0.1) is 5.10 Å². The SMILES string of the molecule is Fc1ccc(Nc2nncc(Nc3ccc(Cl)cc3Cl)n2)cc1Cl. The van der Waals surface area contributed by atoms with Gasteiger partial charge in [0.25, 0.3) is 0 Å². The molecule has 0 aliphatic carbocycles. The molecule has 0 atom stereocenters. The van der Waals surface area contributed by atoms with Gasteiger partial charge in [-0.25, -0.2) is 4.39 Å². The summed E-state index contributed by atoms with van der Waals surface area (Å²) in [5.41, 5.74) is 1.15. The molecule has 0 bridgehead atoms. The standard InChI is InChI=1S/C15H9Cl3FN5/c16-8-1-4-13(11(18)5-8)22-14-7-20-24-15(23-14)21-9-2-3-12(19)10(17)6-9/h1-7H,(H2,21,22,23,24). The molecule has 1 heterocycles. The Kier molecular flexibility index (Phi) is 4.99. The molecule has 0 aliphatic rings. The molecule has 5 nitrogen and oxygen atoms in total. The van der Waals surface area contributed by atoms with Gasteiger partial charge in [0.2, 0.25) is 5.95 Å². The predicted octanol–water partition coefficient (Wildman–Crippen LogP) is 5.46. The Morgan fingerprint density at radius 1 is 0.917 bits per heavy atom. The van der Waals surface area contributed by atoms with Gasteiger partial charge < -0.3 is 10.6 Å². The van der Waals surface area contributed by atoms with Crippen molar-refractivity contribution in [3.05, 3.63) is 63.5 Å². The number of benzene rings is 2. The van der Waals surface area contributed by atoms with Crippen LogP contribution in [-0.2, 0) is 0 Å². The summed E-state index contributed by atoms with van der Waals surface area (Å²) in [6.45, 7) is 0. The van der Waals surface area contributed by atoms with Crippen molar-refractivity contribution in [3.8, 4) is 0 Å². The van der Waals surface area contributed by atoms with Crippen molar-refractivity contribution in [1.29, 1.82) is 0 Å². The number of nitrogens with zero attached hydrogens (tertiary/aromatic N) is 3. The normalized spacial score (nSPS) is 10.5. The van der Waals surface area contributed by atoms with Gasteiger partial charge in [-0.2, -0.15) is 10.1 Å². The van der Waals surface area contributed by atoms with Crippen molar-refractivity contribution in [3.63, 3.8) is 0 Å². The minimum atomic E-state index is -0.506. The van der Waals surface area contributed by atoms with Crippen molar-refractivity contribution in [2.24, 2.45) is 0 Å². The van der Waals surface area contributed by atoms with Crippen LogP contribution in [0.3, 0.4) is 0 Å². The van der Waals surface area contributed by atoms with Gasteiger partial charge in [0.1, 0.15) is 5.82 Å². The summed E-state index contributed by atoms with van der Waals surface area (Å²) in [6.07, 6.45) is 1.44. The molecule has 0 unspecified atom stereocenters. The van der Waals surface area contributed by atoms with Gasteiger partial charge in [-0.3, -0.25) is 0 Å². The second kappa shape index (κ2) is 7.17. The van der Waals surface area contributed by atoms with Crippen LogP contribution in [0.15, 0.2) is 42.6 Å². The molecule has 0 spiro atoms. The molecule has 0 fully saturated rings. The minimum Gasteiger partial charge on any atom is -0.338 e. The molecule has 1 aromatic heterocycles. The molecule has 3 rings (SSSR count). The molecule has 0 saturated heterocycles. The number of aromatic nitrogens is 3. The van der Waals surface area contributed by atoms with E-state index >= 15 is 0 Å². The van der Waals surface area contributed by atoms with E-state index in [-0.39, 0.29) is 11.0 Å². The van der Waals surface area contributed by atoms with Crippen LogP contribution in [0.4, 0.5) is 27.5 Å². The zero-order valence-electron chi connectivity index (χ0n) is 11.9. The highest BCUT2D eigenvalue weighted by atomic mass is 35.5. The highest BCUT2D eigenvalue weighted by Gasteiger charge is 2.06. The first-order chi connectivity index (χ1) is 11.5. The van der Waals surface area contributed by atoms with E-state index in [2.05, 4.69) is 25.8 Å². The average Bonchev–Trinajstić information content (AvgIpc) is 2.54. The second-order valence-electron chi connectivity index (χ2n) is 4.67. The first-order valence-electron chi connectivity index (χ1n) is 6.65. The van der Waals surface area contributed by atoms with Gasteiger partial charge >= 0.3 is 0 Å². The number of halogens is 4. The minimum absolute atomic E-state index is 0.00446. The molecule has 2 aromatic carbocycles. The van der Waals surface area contributed by atoms with Gasteiger partial charge in [0.15, 0.2) is 5.82 Å². The summed E-state index contributed by atoms with van der Waals surface area (Å²) in [4.78, 5) is 4.25. The maximum atomic E-state index is 13.2. The maximum absolute atomic E-state index is 13.2. The molecule has 0 saturated carbocycles. The van der Waals surface area contributed by atoms with Crippen molar-refractivity contribution >= 4 is 57.9 Å². The van der Waals surface area contributed by atoms with Gasteiger partial charge in [0, 0.05) is 10.7 Å². The average molecular weight is 385 g/mol. The van der Waals surface area contributed by atoms with E-state index in [0.717, 1.165) is 0 Å². The van der Waals surface area contributed by atoms with E-state index in [0.29, 0.717) is 27.2 Å². The number of rotatable bonds is 4. The molecule has 3 aromatic rings. The van der Waals surface area contributed by atoms with Crippen molar-refractivity contribution in [1.82, 2.24) is 15.2 Å². The highest BCUT2D eigenvalue weighted by molar-refractivity contribution is 6.36. The summed E-state index contributed by atoms with van der Waals surface area (Å²) in [5.74, 6) is 0.131. The lowest BCUT2D eigenvalue weighted by Crippen LogP contribution is -2.02. The fourth-order valence-electron chi connectivity index (χ4n) is 1.85. The van der Waals surface area contributed by atoms with E-state index in [9.17, 15) is 4.39 Å². The lowest BCUT2D eigenvalue weighted by Gasteiger charge is -2.09. The Balaban J connectivity index is 1.79. The van der Waals surface area contributed by atoms with Gasteiger partial charge in [0.05, 0.1) is 21.9 Å². The zero-order valence-corrected chi connectivity index (χ0v) is 14.2. The van der Waals surface area contributed by atoms with Gasteiger partial charge in [-0.1, -0.05) is 34.8 Å². The van der Waals surface area contributed by atoms with Gasteiger partial charge in [-0.05, 0) is 36.4 Å². The van der Waals surface area contributed by atoms with Crippen LogP contribution < -0.4 is 10.6 Å². The summed E-state index contributed by atoms with van der Waals surface area (Å²) in [7, 11) is 0. The largest absolute Gasteiger partial charge is 0.338 e. The molecular weight excluding hydrogens is 376 g/mol. The molecule has 0 amide bonds. The number of nitrogens with one attached hydrogen (secondary N) is 2. The Hall–Kier alpha value is -2.15. The van der Waals surface area contributed by atoms with E-state index < -0.39 is 5.82 Å². The van der Waals surface area contributed by atoms with Crippen LogP contribution in [0.5, 0.6) is 0 Å². The van der Waals surface area contributed by atoms with Crippen LogP contribution in [0.1, 0.15) is 0 Å². The maximum Gasteiger partial charge on any atom is 0.249 e. The number of hydrogen-bond acceptors (Lipinski definition) is 5. The summed E-state index contributed by atoms with van der Waals surface area (Å²) in [6, 6.07) is 9.22. The quantitative estimate of drug-likeness (QED) is 0.625. The Morgan fingerprint density at radius 2 is 1.75 bits per heavy atom. The third-order valence-electron chi connectivity index (χ3n) is 2.93. The Morgan fingerprint density at radius 3 is 2.50 bits per heavy atom. The monoisotopic (exact) mass is 383 g/mol. The van der Waals surface area contributed by atoms with Crippen LogP contribution in [0.2, 0.25) is 15.1 Å². The number of anilines is 4. The molecule has 122 valence electrons. The zero-order chi connectivity index (χ0) is 17.1. The molecule has 2 N–H and O–H groups in total. The van der Waals surface area contributed by atoms with Crippen LogP contribution in [0.25, 0.3) is 0 Å². The fraction of sp³-hybridized carbons (Fsp3) is 0. The first-order valence-corrected chi connectivity index (χ1v) is 7.78. The molecule has 9 heteroatoms. The van der Waals surface area contributed by atoms with Crippen molar-refractivity contribution in [2.45, 2.75) is 0 Å². The summed E-state index contributed by atoms with van der Waals surface area (Å²) < 4.78 is 13.2. The van der Waals surface area contributed by atoms with E-state index in [1.54, 1.807) is 18.2 Å². The molecule has 0 aliphatic heterocycles.